The van der Waals surface area contributed by atoms with E-state index in [-0.39, 0.29) is 11.1 Å². The summed E-state index contributed by atoms with van der Waals surface area (Å²) in [5.41, 5.74) is 0.952. The molecule has 5 heteroatoms. The lowest BCUT2D eigenvalue weighted by Crippen LogP contribution is -2.27. The van der Waals surface area contributed by atoms with E-state index >= 15 is 0 Å². The van der Waals surface area contributed by atoms with Crippen LogP contribution < -0.4 is 0 Å². The maximum atomic E-state index is 12.5. The first kappa shape index (κ1) is 15.2. The molecule has 24 heavy (non-hydrogen) atoms. The van der Waals surface area contributed by atoms with Gasteiger partial charge in [0.2, 0.25) is 0 Å². The van der Waals surface area contributed by atoms with Crippen molar-refractivity contribution < 1.29 is 9.59 Å². The zero-order chi connectivity index (χ0) is 16.5. The fraction of sp³-hybridized carbons (Fsp3) is 0.0526. The van der Waals surface area contributed by atoms with Crippen molar-refractivity contribution in [3.63, 3.8) is 0 Å². The summed E-state index contributed by atoms with van der Waals surface area (Å²) >= 11 is 2.56. The summed E-state index contributed by atoms with van der Waals surface area (Å²) in [6, 6.07) is 17.9. The SMILES string of the molecule is O=C1S/C(=C\c2cccs2)C(=O)N1Cc1ccc2ccccc2c1. The summed E-state index contributed by atoms with van der Waals surface area (Å²) in [6.07, 6.45) is 1.79. The molecule has 1 aliphatic heterocycles. The Morgan fingerprint density at radius 3 is 2.58 bits per heavy atom. The number of fused-ring (bicyclic) bond motifs is 1. The quantitative estimate of drug-likeness (QED) is 0.613. The van der Waals surface area contributed by atoms with E-state index in [1.165, 1.54) is 4.90 Å². The van der Waals surface area contributed by atoms with Gasteiger partial charge in [-0.3, -0.25) is 14.5 Å². The molecule has 0 saturated carbocycles. The van der Waals surface area contributed by atoms with Crippen molar-refractivity contribution >= 4 is 51.1 Å². The van der Waals surface area contributed by atoms with Crippen LogP contribution in [0.1, 0.15) is 10.4 Å². The molecule has 0 aliphatic carbocycles. The highest BCUT2D eigenvalue weighted by molar-refractivity contribution is 8.18. The van der Waals surface area contributed by atoms with Crippen molar-refractivity contribution in [2.24, 2.45) is 0 Å². The van der Waals surface area contributed by atoms with Crippen LogP contribution in [0, 0.1) is 0 Å². The van der Waals surface area contributed by atoms with E-state index in [2.05, 4.69) is 0 Å². The third-order valence-corrected chi connectivity index (χ3v) is 5.57. The fourth-order valence-corrected chi connectivity index (χ4v) is 4.22. The molecule has 2 aromatic carbocycles. The molecular formula is C19H13NO2S2. The van der Waals surface area contributed by atoms with Gasteiger partial charge in [0.25, 0.3) is 11.1 Å². The Bertz CT molecular complexity index is 960. The maximum Gasteiger partial charge on any atom is 0.293 e. The number of hydrogen-bond acceptors (Lipinski definition) is 4. The number of benzene rings is 2. The van der Waals surface area contributed by atoms with Crippen molar-refractivity contribution in [2.75, 3.05) is 0 Å². The second-order valence-corrected chi connectivity index (χ2v) is 7.44. The maximum absolute atomic E-state index is 12.5. The fourth-order valence-electron chi connectivity index (χ4n) is 2.66. The van der Waals surface area contributed by atoms with E-state index in [0.717, 1.165) is 33.0 Å². The first-order valence-electron chi connectivity index (χ1n) is 7.47. The third-order valence-electron chi connectivity index (χ3n) is 3.84. The minimum atomic E-state index is -0.216. The van der Waals surface area contributed by atoms with E-state index in [1.807, 2.05) is 60.0 Å². The molecule has 0 bridgehead atoms. The van der Waals surface area contributed by atoms with Gasteiger partial charge in [-0.25, -0.2) is 0 Å². The summed E-state index contributed by atoms with van der Waals surface area (Å²) in [5.74, 6) is -0.216. The average molecular weight is 351 g/mol. The van der Waals surface area contributed by atoms with Crippen molar-refractivity contribution in [1.82, 2.24) is 4.90 Å². The normalized spacial score (nSPS) is 16.5. The molecule has 3 nitrogen and oxygen atoms in total. The molecule has 0 atom stereocenters. The van der Waals surface area contributed by atoms with Crippen molar-refractivity contribution in [2.45, 2.75) is 6.54 Å². The lowest BCUT2D eigenvalue weighted by molar-refractivity contribution is -0.123. The predicted molar refractivity (Wildman–Crippen MR) is 99.8 cm³/mol. The van der Waals surface area contributed by atoms with Crippen LogP contribution in [0.4, 0.5) is 4.79 Å². The van der Waals surface area contributed by atoms with Gasteiger partial charge in [-0.15, -0.1) is 11.3 Å². The topological polar surface area (TPSA) is 37.4 Å². The Balaban J connectivity index is 1.59. The van der Waals surface area contributed by atoms with Gasteiger partial charge in [0.05, 0.1) is 11.4 Å². The van der Waals surface area contributed by atoms with E-state index in [4.69, 9.17) is 0 Å². The van der Waals surface area contributed by atoms with Gasteiger partial charge < -0.3 is 0 Å². The Hall–Kier alpha value is -2.37. The van der Waals surface area contributed by atoms with Crippen LogP contribution in [0.15, 0.2) is 64.9 Å². The first-order valence-corrected chi connectivity index (χ1v) is 9.17. The molecule has 0 N–H and O–H groups in total. The Kier molecular flexibility index (Phi) is 3.96. The number of nitrogens with zero attached hydrogens (tertiary/aromatic N) is 1. The molecule has 3 aromatic rings. The van der Waals surface area contributed by atoms with Crippen LogP contribution >= 0.6 is 23.1 Å². The van der Waals surface area contributed by atoms with E-state index < -0.39 is 0 Å². The van der Waals surface area contributed by atoms with Crippen LogP contribution in [0.5, 0.6) is 0 Å². The zero-order valence-electron chi connectivity index (χ0n) is 12.6. The molecule has 1 saturated heterocycles. The number of thiophene rings is 1. The van der Waals surface area contributed by atoms with Gasteiger partial charge in [0.15, 0.2) is 0 Å². The molecule has 0 unspecified atom stereocenters. The molecule has 2 amide bonds. The molecule has 4 rings (SSSR count). The van der Waals surface area contributed by atoms with E-state index in [0.29, 0.717) is 11.4 Å². The van der Waals surface area contributed by atoms with Crippen molar-refractivity contribution in [1.29, 1.82) is 0 Å². The summed E-state index contributed by atoms with van der Waals surface area (Å²) in [6.45, 7) is 0.303. The first-order chi connectivity index (χ1) is 11.7. The largest absolute Gasteiger partial charge is 0.293 e. The number of rotatable bonds is 3. The standard InChI is InChI=1S/C19H13NO2S2/c21-18-17(11-16-6-3-9-23-16)24-19(22)20(18)12-13-7-8-14-4-1-2-5-15(14)10-13/h1-11H,12H2/b17-11-. The number of carbonyl (C=O) groups is 2. The Morgan fingerprint density at radius 1 is 0.958 bits per heavy atom. The molecule has 1 fully saturated rings. The molecule has 118 valence electrons. The number of imide groups is 1. The monoisotopic (exact) mass is 351 g/mol. The minimum Gasteiger partial charge on any atom is -0.268 e. The summed E-state index contributed by atoms with van der Waals surface area (Å²) < 4.78 is 0. The van der Waals surface area contributed by atoms with Crippen LogP contribution in [0.25, 0.3) is 16.8 Å². The van der Waals surface area contributed by atoms with Crippen LogP contribution in [-0.4, -0.2) is 16.0 Å². The summed E-state index contributed by atoms with van der Waals surface area (Å²) in [5, 5.41) is 3.99. The highest BCUT2D eigenvalue weighted by Gasteiger charge is 2.35. The number of amides is 2. The minimum absolute atomic E-state index is 0.212. The highest BCUT2D eigenvalue weighted by Crippen LogP contribution is 2.34. The molecule has 0 radical (unpaired) electrons. The van der Waals surface area contributed by atoms with Gasteiger partial charge in [-0.05, 0) is 51.7 Å². The molecule has 0 spiro atoms. The van der Waals surface area contributed by atoms with Gasteiger partial charge >= 0.3 is 0 Å². The van der Waals surface area contributed by atoms with Crippen molar-refractivity contribution in [3.05, 3.63) is 75.3 Å². The third kappa shape index (κ3) is 2.88. The molecule has 2 heterocycles. The van der Waals surface area contributed by atoms with Gasteiger partial charge in [0.1, 0.15) is 0 Å². The number of hydrogen-bond donors (Lipinski definition) is 0. The van der Waals surface area contributed by atoms with E-state index in [9.17, 15) is 9.59 Å². The predicted octanol–water partition coefficient (Wildman–Crippen LogP) is 5.14. The molecule has 1 aliphatic rings. The second-order valence-electron chi connectivity index (χ2n) is 5.46. The molecular weight excluding hydrogens is 338 g/mol. The average Bonchev–Trinajstić information content (AvgIpc) is 3.19. The lowest BCUT2D eigenvalue weighted by Gasteiger charge is -2.13. The zero-order valence-corrected chi connectivity index (χ0v) is 14.3. The smallest absolute Gasteiger partial charge is 0.268 e. The number of carbonyl (C=O) groups excluding carboxylic acids is 2. The summed E-state index contributed by atoms with van der Waals surface area (Å²) in [4.78, 5) is 27.5. The second kappa shape index (κ2) is 6.26. The van der Waals surface area contributed by atoms with Crippen LogP contribution in [-0.2, 0) is 11.3 Å². The Labute approximate surface area is 147 Å². The lowest BCUT2D eigenvalue weighted by atomic mass is 10.1. The Morgan fingerprint density at radius 2 is 1.79 bits per heavy atom. The van der Waals surface area contributed by atoms with Crippen LogP contribution in [0.2, 0.25) is 0 Å². The van der Waals surface area contributed by atoms with Crippen LogP contribution in [0.3, 0.4) is 0 Å². The van der Waals surface area contributed by atoms with Gasteiger partial charge in [-0.1, -0.05) is 42.5 Å². The highest BCUT2D eigenvalue weighted by atomic mass is 32.2. The van der Waals surface area contributed by atoms with Gasteiger partial charge in [0, 0.05) is 4.88 Å². The van der Waals surface area contributed by atoms with Crippen molar-refractivity contribution in [3.8, 4) is 0 Å². The van der Waals surface area contributed by atoms with E-state index in [1.54, 1.807) is 17.4 Å². The van der Waals surface area contributed by atoms with Gasteiger partial charge in [-0.2, -0.15) is 0 Å². The summed E-state index contributed by atoms with van der Waals surface area (Å²) in [7, 11) is 0. The number of thioether (sulfide) groups is 1. The molecule has 1 aromatic heterocycles.